The van der Waals surface area contributed by atoms with Crippen molar-refractivity contribution in [2.45, 2.75) is 19.8 Å². The van der Waals surface area contributed by atoms with E-state index < -0.39 is 11.6 Å². The monoisotopic (exact) mass is 520 g/mol. The summed E-state index contributed by atoms with van der Waals surface area (Å²) < 4.78 is 41.0. The van der Waals surface area contributed by atoms with Gasteiger partial charge in [0.1, 0.15) is 5.69 Å². The summed E-state index contributed by atoms with van der Waals surface area (Å²) in [7, 11) is 3.01. The van der Waals surface area contributed by atoms with Crippen molar-refractivity contribution >= 4 is 22.6 Å². The molecule has 0 spiro atoms. The van der Waals surface area contributed by atoms with Gasteiger partial charge in [0.2, 0.25) is 0 Å². The number of benzene rings is 2. The molecule has 1 saturated heterocycles. The number of pyridine rings is 1. The summed E-state index contributed by atoms with van der Waals surface area (Å²) in [6, 6.07) is 11.7. The molecule has 3 heterocycles. The summed E-state index contributed by atoms with van der Waals surface area (Å²) in [6.45, 7) is 5.88. The van der Waals surface area contributed by atoms with Gasteiger partial charge in [-0.25, -0.2) is 13.8 Å². The third-order valence-electron chi connectivity index (χ3n) is 7.03. The molecule has 0 radical (unpaired) electrons. The number of methoxy groups -OCH3 is 2. The number of halogens is 2. The minimum atomic E-state index is -0.511. The SMILES string of the molecule is COc1cccnc1N1CCN(C(=O)c2cc3c(-c4cccc(F)c4OC)cc(C(C)C)c(F)c3[nH]2)CC1. The van der Waals surface area contributed by atoms with Crippen LogP contribution in [0.2, 0.25) is 0 Å². The molecule has 198 valence electrons. The fourth-order valence-corrected chi connectivity index (χ4v) is 5.04. The van der Waals surface area contributed by atoms with E-state index >= 15 is 4.39 Å². The van der Waals surface area contributed by atoms with E-state index in [-0.39, 0.29) is 28.8 Å². The number of amides is 1. The van der Waals surface area contributed by atoms with Crippen LogP contribution in [0.3, 0.4) is 0 Å². The van der Waals surface area contributed by atoms with Crippen molar-refractivity contribution in [3.63, 3.8) is 0 Å². The van der Waals surface area contributed by atoms with Crippen LogP contribution in [0, 0.1) is 11.6 Å². The Labute approximate surface area is 220 Å². The maximum absolute atomic E-state index is 15.6. The Morgan fingerprint density at radius 3 is 2.45 bits per heavy atom. The molecule has 0 aliphatic carbocycles. The molecule has 4 aromatic rings. The first-order valence-corrected chi connectivity index (χ1v) is 12.5. The van der Waals surface area contributed by atoms with Crippen LogP contribution in [0.25, 0.3) is 22.0 Å². The highest BCUT2D eigenvalue weighted by Crippen LogP contribution is 2.40. The van der Waals surface area contributed by atoms with Crippen LogP contribution in [-0.2, 0) is 0 Å². The zero-order chi connectivity index (χ0) is 27.0. The number of anilines is 1. The minimum Gasteiger partial charge on any atom is -0.493 e. The van der Waals surface area contributed by atoms with Gasteiger partial charge in [-0.2, -0.15) is 0 Å². The quantitative estimate of drug-likeness (QED) is 0.358. The molecule has 1 aliphatic rings. The van der Waals surface area contributed by atoms with E-state index in [0.29, 0.717) is 54.0 Å². The molecule has 5 rings (SSSR count). The second-order valence-corrected chi connectivity index (χ2v) is 9.58. The maximum Gasteiger partial charge on any atom is 0.270 e. The van der Waals surface area contributed by atoms with Crippen LogP contribution >= 0.6 is 0 Å². The fourth-order valence-electron chi connectivity index (χ4n) is 5.04. The summed E-state index contributed by atoms with van der Waals surface area (Å²) in [4.78, 5) is 24.8. The van der Waals surface area contributed by atoms with Gasteiger partial charge in [-0.1, -0.05) is 26.0 Å². The van der Waals surface area contributed by atoms with Crippen LogP contribution in [0.15, 0.2) is 48.7 Å². The second kappa shape index (κ2) is 10.3. The maximum atomic E-state index is 15.6. The van der Waals surface area contributed by atoms with Crippen molar-refractivity contribution in [2.24, 2.45) is 0 Å². The molecule has 38 heavy (non-hydrogen) atoms. The Morgan fingerprint density at radius 2 is 1.76 bits per heavy atom. The lowest BCUT2D eigenvalue weighted by atomic mass is 9.93. The van der Waals surface area contributed by atoms with Gasteiger partial charge in [0.15, 0.2) is 29.0 Å². The lowest BCUT2D eigenvalue weighted by Crippen LogP contribution is -2.49. The van der Waals surface area contributed by atoms with Gasteiger partial charge >= 0.3 is 0 Å². The molecule has 9 heteroatoms. The molecule has 0 saturated carbocycles. The van der Waals surface area contributed by atoms with Crippen LogP contribution in [-0.4, -0.2) is 61.2 Å². The minimum absolute atomic E-state index is 0.0743. The predicted octanol–water partition coefficient (Wildman–Crippen LogP) is 5.61. The Balaban J connectivity index is 1.50. The van der Waals surface area contributed by atoms with Crippen LogP contribution in [0.1, 0.15) is 35.8 Å². The van der Waals surface area contributed by atoms with Gasteiger partial charge in [0, 0.05) is 43.3 Å². The number of hydrogen-bond acceptors (Lipinski definition) is 5. The number of aromatic nitrogens is 2. The number of nitrogens with one attached hydrogen (secondary N) is 1. The van der Waals surface area contributed by atoms with E-state index in [4.69, 9.17) is 9.47 Å². The van der Waals surface area contributed by atoms with Crippen molar-refractivity contribution in [3.8, 4) is 22.6 Å². The summed E-state index contributed by atoms with van der Waals surface area (Å²) in [6.07, 6.45) is 1.71. The molecule has 7 nitrogen and oxygen atoms in total. The first-order valence-electron chi connectivity index (χ1n) is 12.5. The van der Waals surface area contributed by atoms with E-state index in [1.165, 1.54) is 13.2 Å². The van der Waals surface area contributed by atoms with Crippen LogP contribution < -0.4 is 14.4 Å². The molecular formula is C29H30F2N4O3. The summed E-state index contributed by atoms with van der Waals surface area (Å²) in [5.41, 5.74) is 2.06. The Bertz CT molecular complexity index is 1490. The highest BCUT2D eigenvalue weighted by Gasteiger charge is 2.27. The zero-order valence-electron chi connectivity index (χ0n) is 21.8. The van der Waals surface area contributed by atoms with E-state index in [1.54, 1.807) is 42.5 Å². The average molecular weight is 521 g/mol. The predicted molar refractivity (Wildman–Crippen MR) is 143 cm³/mol. The van der Waals surface area contributed by atoms with E-state index in [1.807, 2.05) is 26.0 Å². The van der Waals surface area contributed by atoms with Crippen LogP contribution in [0.4, 0.5) is 14.6 Å². The highest BCUT2D eigenvalue weighted by molar-refractivity contribution is 6.04. The normalized spacial score (nSPS) is 13.9. The number of fused-ring (bicyclic) bond motifs is 1. The van der Waals surface area contributed by atoms with Crippen molar-refractivity contribution in [1.29, 1.82) is 0 Å². The summed E-state index contributed by atoms with van der Waals surface area (Å²) in [5, 5.41) is 0.496. The number of piperazine rings is 1. The first kappa shape index (κ1) is 25.5. The number of carbonyl (C=O) groups excluding carboxylic acids is 1. The molecule has 0 bridgehead atoms. The van der Waals surface area contributed by atoms with E-state index in [9.17, 15) is 9.18 Å². The topological polar surface area (TPSA) is 70.7 Å². The molecule has 2 aromatic carbocycles. The number of hydrogen-bond donors (Lipinski definition) is 1. The Kier molecular flexibility index (Phi) is 6.93. The largest absolute Gasteiger partial charge is 0.493 e. The van der Waals surface area contributed by atoms with Crippen LogP contribution in [0.5, 0.6) is 11.5 Å². The molecular weight excluding hydrogens is 490 g/mol. The molecule has 1 fully saturated rings. The van der Waals surface area contributed by atoms with E-state index in [0.717, 1.165) is 5.82 Å². The van der Waals surface area contributed by atoms with Crippen molar-refractivity contribution in [2.75, 3.05) is 45.3 Å². The van der Waals surface area contributed by atoms with Gasteiger partial charge in [-0.3, -0.25) is 4.79 Å². The molecule has 1 amide bonds. The lowest BCUT2D eigenvalue weighted by molar-refractivity contribution is 0.0741. The molecule has 0 unspecified atom stereocenters. The molecule has 1 N–H and O–H groups in total. The van der Waals surface area contributed by atoms with Gasteiger partial charge < -0.3 is 24.3 Å². The number of H-pyrrole nitrogens is 1. The average Bonchev–Trinajstić information content (AvgIpc) is 3.39. The zero-order valence-corrected chi connectivity index (χ0v) is 21.8. The van der Waals surface area contributed by atoms with E-state index in [2.05, 4.69) is 14.9 Å². The third kappa shape index (κ3) is 4.42. The number of carbonyl (C=O) groups is 1. The van der Waals surface area contributed by atoms with Gasteiger partial charge in [0.05, 0.1) is 19.7 Å². The first-order chi connectivity index (χ1) is 18.3. The Hall–Kier alpha value is -4.14. The standard InChI is InChI=1S/C29H30F2N4O3/c1-17(2)19-15-20(18-7-5-8-22(30)27(18)38-4)21-16-23(33-26(21)25(19)31)29(36)35-13-11-34(12-14-35)28-24(37-3)9-6-10-32-28/h5-10,15-17,33H,11-14H2,1-4H3. The van der Waals surface area contributed by atoms with Gasteiger partial charge in [-0.05, 0) is 47.4 Å². The second-order valence-electron chi connectivity index (χ2n) is 9.58. The van der Waals surface area contributed by atoms with Gasteiger partial charge in [-0.15, -0.1) is 0 Å². The lowest BCUT2D eigenvalue weighted by Gasteiger charge is -2.35. The smallest absolute Gasteiger partial charge is 0.270 e. The number of nitrogens with zero attached hydrogens (tertiary/aromatic N) is 3. The highest BCUT2D eigenvalue weighted by atomic mass is 19.1. The fraction of sp³-hybridized carbons (Fsp3) is 0.310. The summed E-state index contributed by atoms with van der Waals surface area (Å²) in [5.74, 6) is 0.214. The molecule has 0 atom stereocenters. The number of ether oxygens (including phenoxy) is 2. The van der Waals surface area contributed by atoms with Crippen molar-refractivity contribution in [3.05, 3.63) is 71.6 Å². The third-order valence-corrected chi connectivity index (χ3v) is 7.03. The number of rotatable bonds is 6. The number of aromatic amines is 1. The summed E-state index contributed by atoms with van der Waals surface area (Å²) >= 11 is 0. The number of para-hydroxylation sites is 1. The molecule has 2 aromatic heterocycles. The molecule has 1 aliphatic heterocycles. The van der Waals surface area contributed by atoms with Crippen molar-refractivity contribution < 1.29 is 23.0 Å². The Morgan fingerprint density at radius 1 is 1.00 bits per heavy atom. The van der Waals surface area contributed by atoms with Gasteiger partial charge in [0.25, 0.3) is 5.91 Å². The van der Waals surface area contributed by atoms with Crippen molar-refractivity contribution in [1.82, 2.24) is 14.9 Å².